The summed E-state index contributed by atoms with van der Waals surface area (Å²) in [6.07, 6.45) is 3.22. The molecule has 6 heteroatoms. The summed E-state index contributed by atoms with van der Waals surface area (Å²) in [5.41, 5.74) is 3.39. The first-order chi connectivity index (χ1) is 16.7. The number of para-hydroxylation sites is 1. The van der Waals surface area contributed by atoms with E-state index in [9.17, 15) is 4.79 Å². The lowest BCUT2D eigenvalue weighted by atomic mass is 9.96. The van der Waals surface area contributed by atoms with E-state index in [0.29, 0.717) is 5.11 Å². The van der Waals surface area contributed by atoms with E-state index in [1.165, 1.54) is 17.2 Å². The second kappa shape index (κ2) is 11.6. The molecule has 1 amide bonds. The first kappa shape index (κ1) is 23.7. The maximum absolute atomic E-state index is 12.4. The molecule has 0 atom stereocenters. The Morgan fingerprint density at radius 2 is 1.44 bits per heavy atom. The van der Waals surface area contributed by atoms with Crippen molar-refractivity contribution in [3.8, 4) is 5.75 Å². The predicted octanol–water partition coefficient (Wildman–Crippen LogP) is 4.52. The van der Waals surface area contributed by atoms with Crippen LogP contribution in [0.1, 0.15) is 22.7 Å². The third kappa shape index (κ3) is 5.90. The number of rotatable bonds is 6. The number of piperazine rings is 1. The van der Waals surface area contributed by atoms with E-state index in [-0.39, 0.29) is 11.9 Å². The topological polar surface area (TPSA) is 44.8 Å². The zero-order valence-electron chi connectivity index (χ0n) is 19.3. The van der Waals surface area contributed by atoms with Gasteiger partial charge in [-0.2, -0.15) is 0 Å². The maximum Gasteiger partial charge on any atom is 0.250 e. The zero-order chi connectivity index (χ0) is 23.8. The molecule has 5 nitrogen and oxygen atoms in total. The van der Waals surface area contributed by atoms with Crippen molar-refractivity contribution < 1.29 is 9.53 Å². The number of hydrogen-bond acceptors (Lipinski definition) is 4. The molecule has 1 aliphatic rings. The smallest absolute Gasteiger partial charge is 0.250 e. The van der Waals surface area contributed by atoms with Crippen LogP contribution in [0.5, 0.6) is 5.75 Å². The number of amides is 1. The number of carbonyl (C=O) groups is 1. The average molecular weight is 472 g/mol. The van der Waals surface area contributed by atoms with E-state index >= 15 is 0 Å². The SMILES string of the molecule is COc1ccccc1/C=C/C(=O)NC(=S)N1CCN(C(c2ccccc2)c2ccccc2)CC1. The molecule has 1 heterocycles. The van der Waals surface area contributed by atoms with Gasteiger partial charge >= 0.3 is 0 Å². The van der Waals surface area contributed by atoms with Gasteiger partial charge in [0, 0.05) is 37.8 Å². The van der Waals surface area contributed by atoms with Crippen LogP contribution in [-0.2, 0) is 4.79 Å². The van der Waals surface area contributed by atoms with Crippen molar-refractivity contribution in [3.63, 3.8) is 0 Å². The number of nitrogens with zero attached hydrogens (tertiary/aromatic N) is 2. The molecule has 1 N–H and O–H groups in total. The normalized spacial score (nSPS) is 14.4. The molecule has 174 valence electrons. The summed E-state index contributed by atoms with van der Waals surface area (Å²) in [6, 6.07) is 28.9. The van der Waals surface area contributed by atoms with Crippen molar-refractivity contribution >= 4 is 29.3 Å². The Morgan fingerprint density at radius 1 is 0.882 bits per heavy atom. The van der Waals surface area contributed by atoms with Gasteiger partial charge < -0.3 is 9.64 Å². The molecule has 0 aliphatic carbocycles. The van der Waals surface area contributed by atoms with Gasteiger partial charge in [0.2, 0.25) is 5.91 Å². The molecule has 0 bridgehead atoms. The van der Waals surface area contributed by atoms with Gasteiger partial charge in [0.05, 0.1) is 13.2 Å². The van der Waals surface area contributed by atoms with Crippen LogP contribution in [0, 0.1) is 0 Å². The molecule has 3 aromatic carbocycles. The largest absolute Gasteiger partial charge is 0.496 e. The summed E-state index contributed by atoms with van der Waals surface area (Å²) in [5.74, 6) is 0.474. The summed E-state index contributed by atoms with van der Waals surface area (Å²) in [5, 5.41) is 3.30. The van der Waals surface area contributed by atoms with Crippen LogP contribution in [0.3, 0.4) is 0 Å². The fourth-order valence-electron chi connectivity index (χ4n) is 4.26. The Kier molecular flexibility index (Phi) is 8.07. The van der Waals surface area contributed by atoms with Gasteiger partial charge in [-0.1, -0.05) is 78.9 Å². The average Bonchev–Trinajstić information content (AvgIpc) is 2.89. The number of thiocarbonyl (C=S) groups is 1. The number of ether oxygens (including phenoxy) is 1. The Labute approximate surface area is 206 Å². The lowest BCUT2D eigenvalue weighted by Crippen LogP contribution is -2.53. The maximum atomic E-state index is 12.4. The Balaban J connectivity index is 1.36. The van der Waals surface area contributed by atoms with E-state index in [2.05, 4.69) is 63.6 Å². The van der Waals surface area contributed by atoms with Crippen LogP contribution in [0.2, 0.25) is 0 Å². The zero-order valence-corrected chi connectivity index (χ0v) is 20.1. The molecule has 0 saturated carbocycles. The van der Waals surface area contributed by atoms with Gasteiger partial charge in [-0.25, -0.2) is 0 Å². The highest BCUT2D eigenvalue weighted by Crippen LogP contribution is 2.29. The minimum absolute atomic E-state index is 0.191. The summed E-state index contributed by atoms with van der Waals surface area (Å²) < 4.78 is 5.33. The van der Waals surface area contributed by atoms with Crippen molar-refractivity contribution in [1.82, 2.24) is 15.1 Å². The molecule has 0 radical (unpaired) electrons. The molecule has 0 unspecified atom stereocenters. The molecule has 1 aliphatic heterocycles. The molecule has 1 fully saturated rings. The number of nitrogens with one attached hydrogen (secondary N) is 1. The number of methoxy groups -OCH3 is 1. The standard InChI is InChI=1S/C28H29N3O2S/c1-33-25-15-9-8-10-22(25)16-17-26(32)29-28(34)31-20-18-30(19-21-31)27(23-11-4-2-5-12-23)24-13-6-3-7-14-24/h2-17,27H,18-21H2,1H3,(H,29,32,34)/b17-16+. The summed E-state index contributed by atoms with van der Waals surface area (Å²) in [7, 11) is 1.61. The first-order valence-electron chi connectivity index (χ1n) is 11.4. The molecular weight excluding hydrogens is 442 g/mol. The second-order valence-corrected chi connectivity index (χ2v) is 8.50. The van der Waals surface area contributed by atoms with Crippen LogP contribution in [-0.4, -0.2) is 54.1 Å². The van der Waals surface area contributed by atoms with E-state index in [0.717, 1.165) is 37.5 Å². The number of benzene rings is 3. The van der Waals surface area contributed by atoms with Gasteiger partial charge in [0.1, 0.15) is 5.75 Å². The van der Waals surface area contributed by atoms with Crippen LogP contribution >= 0.6 is 12.2 Å². The summed E-state index contributed by atoms with van der Waals surface area (Å²) in [6.45, 7) is 3.21. The van der Waals surface area contributed by atoms with E-state index in [4.69, 9.17) is 17.0 Å². The van der Waals surface area contributed by atoms with Crippen LogP contribution in [0.25, 0.3) is 6.08 Å². The van der Waals surface area contributed by atoms with Crippen molar-refractivity contribution in [2.45, 2.75) is 6.04 Å². The molecule has 0 spiro atoms. The third-order valence-corrected chi connectivity index (χ3v) is 6.34. The highest BCUT2D eigenvalue weighted by atomic mass is 32.1. The van der Waals surface area contributed by atoms with Gasteiger partial charge in [-0.15, -0.1) is 0 Å². The van der Waals surface area contributed by atoms with Crippen LogP contribution < -0.4 is 10.1 Å². The summed E-state index contributed by atoms with van der Waals surface area (Å²) in [4.78, 5) is 17.0. The molecule has 0 aromatic heterocycles. The first-order valence-corrected chi connectivity index (χ1v) is 11.8. The number of hydrogen-bond donors (Lipinski definition) is 1. The lowest BCUT2D eigenvalue weighted by Gasteiger charge is -2.40. The Bertz CT molecular complexity index is 1090. The third-order valence-electron chi connectivity index (χ3n) is 5.98. The predicted molar refractivity (Wildman–Crippen MR) is 141 cm³/mol. The molecule has 1 saturated heterocycles. The summed E-state index contributed by atoms with van der Waals surface area (Å²) >= 11 is 5.54. The second-order valence-electron chi connectivity index (χ2n) is 8.12. The monoisotopic (exact) mass is 471 g/mol. The van der Waals surface area contributed by atoms with E-state index in [1.807, 2.05) is 36.4 Å². The minimum Gasteiger partial charge on any atom is -0.496 e. The Morgan fingerprint density at radius 3 is 2.03 bits per heavy atom. The molecular formula is C28H29N3O2S. The molecule has 3 aromatic rings. The van der Waals surface area contributed by atoms with Crippen molar-refractivity contribution in [3.05, 3.63) is 108 Å². The van der Waals surface area contributed by atoms with Gasteiger partial charge in [-0.05, 0) is 35.5 Å². The fourth-order valence-corrected chi connectivity index (χ4v) is 4.55. The highest BCUT2D eigenvalue weighted by molar-refractivity contribution is 7.80. The van der Waals surface area contributed by atoms with E-state index < -0.39 is 0 Å². The van der Waals surface area contributed by atoms with Crippen molar-refractivity contribution in [2.24, 2.45) is 0 Å². The van der Waals surface area contributed by atoms with Crippen LogP contribution in [0.15, 0.2) is 91.0 Å². The number of carbonyl (C=O) groups excluding carboxylic acids is 1. The fraction of sp³-hybridized carbons (Fsp3) is 0.214. The van der Waals surface area contributed by atoms with Gasteiger partial charge in [0.25, 0.3) is 0 Å². The minimum atomic E-state index is -0.246. The highest BCUT2D eigenvalue weighted by Gasteiger charge is 2.27. The van der Waals surface area contributed by atoms with E-state index in [1.54, 1.807) is 13.2 Å². The quantitative estimate of drug-likeness (QED) is 0.423. The molecule has 34 heavy (non-hydrogen) atoms. The van der Waals surface area contributed by atoms with Crippen LogP contribution in [0.4, 0.5) is 0 Å². The Hall–Kier alpha value is -3.48. The van der Waals surface area contributed by atoms with Gasteiger partial charge in [-0.3, -0.25) is 15.0 Å². The van der Waals surface area contributed by atoms with Crippen molar-refractivity contribution in [2.75, 3.05) is 33.3 Å². The van der Waals surface area contributed by atoms with Gasteiger partial charge in [0.15, 0.2) is 5.11 Å². The lowest BCUT2D eigenvalue weighted by molar-refractivity contribution is -0.115. The molecule has 4 rings (SSSR count). The van der Waals surface area contributed by atoms with Crippen molar-refractivity contribution in [1.29, 1.82) is 0 Å².